The van der Waals surface area contributed by atoms with Gasteiger partial charge < -0.3 is 4.74 Å². The third-order valence-electron chi connectivity index (χ3n) is 4.47. The first-order chi connectivity index (χ1) is 13.7. The monoisotopic (exact) mass is 385 g/mol. The summed E-state index contributed by atoms with van der Waals surface area (Å²) in [6.07, 6.45) is 0. The first-order valence-electron chi connectivity index (χ1n) is 9.03. The van der Waals surface area contributed by atoms with Crippen LogP contribution < -0.4 is 4.74 Å². The molecule has 1 aromatic heterocycles. The number of hydrogen-bond acceptors (Lipinski definition) is 4. The predicted octanol–water partition coefficient (Wildman–Crippen LogP) is 5.93. The number of thiazole rings is 1. The zero-order chi connectivity index (χ0) is 19.3. The SMILES string of the molecule is Cc1ccc(-c2ncsc2C(=O)c2ccccc2OCc2ccccc2)cc1. The minimum absolute atomic E-state index is 0.0678. The van der Waals surface area contributed by atoms with E-state index in [0.29, 0.717) is 28.5 Å². The first-order valence-corrected chi connectivity index (χ1v) is 9.91. The third kappa shape index (κ3) is 3.87. The van der Waals surface area contributed by atoms with Gasteiger partial charge in [0.05, 0.1) is 16.8 Å². The Morgan fingerprint density at radius 1 is 0.929 bits per heavy atom. The van der Waals surface area contributed by atoms with Gasteiger partial charge in [-0.1, -0.05) is 72.3 Å². The van der Waals surface area contributed by atoms with Crippen LogP contribution in [0, 0.1) is 6.92 Å². The van der Waals surface area contributed by atoms with Gasteiger partial charge in [0.2, 0.25) is 5.78 Å². The van der Waals surface area contributed by atoms with Gasteiger partial charge in [-0.2, -0.15) is 0 Å². The summed E-state index contributed by atoms with van der Waals surface area (Å²) in [6.45, 7) is 2.45. The molecule has 1 heterocycles. The van der Waals surface area contributed by atoms with Crippen LogP contribution in [-0.2, 0) is 6.61 Å². The highest BCUT2D eigenvalue weighted by Gasteiger charge is 2.21. The zero-order valence-electron chi connectivity index (χ0n) is 15.5. The van der Waals surface area contributed by atoms with Crippen molar-refractivity contribution in [2.45, 2.75) is 13.5 Å². The van der Waals surface area contributed by atoms with Crippen molar-refractivity contribution in [2.75, 3.05) is 0 Å². The normalized spacial score (nSPS) is 10.6. The number of ether oxygens (including phenoxy) is 1. The smallest absolute Gasteiger partial charge is 0.208 e. The van der Waals surface area contributed by atoms with Crippen molar-refractivity contribution in [2.24, 2.45) is 0 Å². The number of carbonyl (C=O) groups is 1. The Bertz CT molecular complexity index is 1090. The van der Waals surface area contributed by atoms with E-state index < -0.39 is 0 Å². The van der Waals surface area contributed by atoms with Gasteiger partial charge in [-0.3, -0.25) is 4.79 Å². The van der Waals surface area contributed by atoms with Gasteiger partial charge in [0.1, 0.15) is 17.2 Å². The Balaban J connectivity index is 1.63. The van der Waals surface area contributed by atoms with Gasteiger partial charge in [0, 0.05) is 5.56 Å². The maximum Gasteiger partial charge on any atom is 0.208 e. The van der Waals surface area contributed by atoms with Crippen LogP contribution in [0.3, 0.4) is 0 Å². The van der Waals surface area contributed by atoms with E-state index in [1.54, 1.807) is 11.6 Å². The second-order valence-corrected chi connectivity index (χ2v) is 7.35. The lowest BCUT2D eigenvalue weighted by molar-refractivity contribution is 0.103. The fourth-order valence-corrected chi connectivity index (χ4v) is 3.72. The summed E-state index contributed by atoms with van der Waals surface area (Å²) in [5.41, 5.74) is 6.16. The first kappa shape index (κ1) is 18.1. The Hall–Kier alpha value is -3.24. The molecular weight excluding hydrogens is 366 g/mol. The zero-order valence-corrected chi connectivity index (χ0v) is 16.3. The molecule has 4 heteroatoms. The Labute approximate surface area is 168 Å². The highest BCUT2D eigenvalue weighted by Crippen LogP contribution is 2.31. The molecule has 0 unspecified atom stereocenters. The van der Waals surface area contributed by atoms with Crippen LogP contribution in [0.5, 0.6) is 5.75 Å². The fraction of sp³-hybridized carbons (Fsp3) is 0.0833. The molecule has 28 heavy (non-hydrogen) atoms. The summed E-state index contributed by atoms with van der Waals surface area (Å²) in [5, 5.41) is 0. The molecule has 0 N–H and O–H groups in total. The van der Waals surface area contributed by atoms with Gasteiger partial charge in [-0.25, -0.2) is 4.98 Å². The standard InChI is InChI=1S/C24H19NO2S/c1-17-11-13-19(14-12-17)22-24(28-16-25-22)23(26)20-9-5-6-10-21(20)27-15-18-7-3-2-4-8-18/h2-14,16H,15H2,1H3. The molecule has 4 rings (SSSR count). The number of benzene rings is 3. The molecule has 0 spiro atoms. The second-order valence-electron chi connectivity index (χ2n) is 6.50. The molecule has 0 fully saturated rings. The maximum absolute atomic E-state index is 13.3. The molecule has 0 aliphatic heterocycles. The molecule has 4 aromatic rings. The minimum atomic E-state index is -0.0678. The number of aryl methyl sites for hydroxylation is 1. The number of hydrogen-bond donors (Lipinski definition) is 0. The quantitative estimate of drug-likeness (QED) is 0.386. The van der Waals surface area contributed by atoms with E-state index in [-0.39, 0.29) is 5.78 Å². The molecule has 0 aliphatic rings. The predicted molar refractivity (Wildman–Crippen MR) is 113 cm³/mol. The molecule has 0 amide bonds. The van der Waals surface area contributed by atoms with Gasteiger partial charge in [0.25, 0.3) is 0 Å². The van der Waals surface area contributed by atoms with Crippen LogP contribution in [0.1, 0.15) is 26.4 Å². The number of aromatic nitrogens is 1. The van der Waals surface area contributed by atoms with Crippen LogP contribution in [0.25, 0.3) is 11.3 Å². The third-order valence-corrected chi connectivity index (χ3v) is 5.29. The largest absolute Gasteiger partial charge is 0.488 e. The van der Waals surface area contributed by atoms with Crippen molar-refractivity contribution >= 4 is 17.1 Å². The summed E-state index contributed by atoms with van der Waals surface area (Å²) in [4.78, 5) is 18.4. The van der Waals surface area contributed by atoms with E-state index >= 15 is 0 Å². The Kier molecular flexibility index (Phi) is 5.31. The summed E-state index contributed by atoms with van der Waals surface area (Å²) >= 11 is 1.36. The van der Waals surface area contributed by atoms with Crippen molar-refractivity contribution < 1.29 is 9.53 Å². The van der Waals surface area contributed by atoms with Crippen molar-refractivity contribution in [3.63, 3.8) is 0 Å². The molecular formula is C24H19NO2S. The van der Waals surface area contributed by atoms with E-state index in [0.717, 1.165) is 11.1 Å². The lowest BCUT2D eigenvalue weighted by atomic mass is 10.0. The highest BCUT2D eigenvalue weighted by molar-refractivity contribution is 7.12. The Morgan fingerprint density at radius 2 is 1.64 bits per heavy atom. The van der Waals surface area contributed by atoms with Gasteiger partial charge >= 0.3 is 0 Å². The topological polar surface area (TPSA) is 39.2 Å². The average molecular weight is 385 g/mol. The number of rotatable bonds is 6. The number of para-hydroxylation sites is 1. The molecule has 0 saturated carbocycles. The van der Waals surface area contributed by atoms with E-state index in [1.807, 2.05) is 79.7 Å². The summed E-state index contributed by atoms with van der Waals surface area (Å²) in [6, 6.07) is 25.4. The number of ketones is 1. The van der Waals surface area contributed by atoms with E-state index in [9.17, 15) is 4.79 Å². The van der Waals surface area contributed by atoms with Crippen LogP contribution in [-0.4, -0.2) is 10.8 Å². The van der Waals surface area contributed by atoms with Crippen LogP contribution in [0.4, 0.5) is 0 Å². The highest BCUT2D eigenvalue weighted by atomic mass is 32.1. The van der Waals surface area contributed by atoms with E-state index in [1.165, 1.54) is 16.9 Å². The molecule has 3 aromatic carbocycles. The molecule has 0 aliphatic carbocycles. The number of carbonyl (C=O) groups excluding carboxylic acids is 1. The van der Waals surface area contributed by atoms with Gasteiger partial charge in [0.15, 0.2) is 0 Å². The lowest BCUT2D eigenvalue weighted by Gasteiger charge is -2.11. The summed E-state index contributed by atoms with van der Waals surface area (Å²) in [5.74, 6) is 0.515. The second kappa shape index (κ2) is 8.19. The van der Waals surface area contributed by atoms with Crippen LogP contribution in [0.15, 0.2) is 84.4 Å². The van der Waals surface area contributed by atoms with Crippen LogP contribution >= 0.6 is 11.3 Å². The molecule has 0 saturated heterocycles. The van der Waals surface area contributed by atoms with Gasteiger partial charge in [-0.05, 0) is 24.6 Å². The molecule has 138 valence electrons. The fourth-order valence-electron chi connectivity index (χ4n) is 2.96. The summed E-state index contributed by atoms with van der Waals surface area (Å²) < 4.78 is 5.97. The van der Waals surface area contributed by atoms with Crippen molar-refractivity contribution in [1.82, 2.24) is 4.98 Å². The Morgan fingerprint density at radius 3 is 2.43 bits per heavy atom. The maximum atomic E-state index is 13.3. The average Bonchev–Trinajstić information content (AvgIpc) is 3.23. The minimum Gasteiger partial charge on any atom is -0.488 e. The van der Waals surface area contributed by atoms with Crippen molar-refractivity contribution in [3.8, 4) is 17.0 Å². The van der Waals surface area contributed by atoms with Gasteiger partial charge in [-0.15, -0.1) is 11.3 Å². The van der Waals surface area contributed by atoms with Crippen molar-refractivity contribution in [3.05, 3.63) is 106 Å². The van der Waals surface area contributed by atoms with E-state index in [4.69, 9.17) is 4.74 Å². The van der Waals surface area contributed by atoms with Crippen molar-refractivity contribution in [1.29, 1.82) is 0 Å². The number of nitrogens with zero attached hydrogens (tertiary/aromatic N) is 1. The molecule has 0 radical (unpaired) electrons. The summed E-state index contributed by atoms with van der Waals surface area (Å²) in [7, 11) is 0. The molecule has 0 atom stereocenters. The van der Waals surface area contributed by atoms with Crippen LogP contribution in [0.2, 0.25) is 0 Å². The molecule has 0 bridgehead atoms. The molecule has 3 nitrogen and oxygen atoms in total. The van der Waals surface area contributed by atoms with E-state index in [2.05, 4.69) is 4.98 Å². The lowest BCUT2D eigenvalue weighted by Crippen LogP contribution is -2.05.